The second kappa shape index (κ2) is 11.6. The summed E-state index contributed by atoms with van der Waals surface area (Å²) in [6, 6.07) is 7.60. The van der Waals surface area contributed by atoms with E-state index in [1.54, 1.807) is 4.90 Å². The smallest absolute Gasteiger partial charge is 0.259 e. The number of nitrogens with zero attached hydrogens (tertiary/aromatic N) is 2. The molecule has 5 fully saturated rings. The number of para-hydroxylation sites is 1. The SMILES string of the molecule is CC(Cc1c[nH]c2ccccc12)NC1C(F)CC2C(=O)C(C(=O)N3CCOCC3)=CN3C4C(CCC5CCCCC54)OC1C23. The lowest BCUT2D eigenvalue weighted by Crippen LogP contribution is -2.74. The molecule has 1 aromatic carbocycles. The number of ether oxygens (including phenoxy) is 2. The number of hydrogen-bond donors (Lipinski definition) is 2. The van der Waals surface area contributed by atoms with Crippen LogP contribution < -0.4 is 5.32 Å². The molecule has 8 rings (SSSR count). The van der Waals surface area contributed by atoms with E-state index in [1.807, 2.05) is 18.3 Å². The van der Waals surface area contributed by atoms with Gasteiger partial charge in [0.25, 0.3) is 5.91 Å². The molecule has 44 heavy (non-hydrogen) atoms. The van der Waals surface area contributed by atoms with Gasteiger partial charge in [0.15, 0.2) is 5.78 Å². The van der Waals surface area contributed by atoms with E-state index >= 15 is 4.39 Å². The molecular formula is C35H45FN4O4. The maximum Gasteiger partial charge on any atom is 0.259 e. The van der Waals surface area contributed by atoms with Crippen molar-refractivity contribution in [2.24, 2.45) is 17.8 Å². The van der Waals surface area contributed by atoms with Crippen molar-refractivity contribution in [2.45, 2.75) is 101 Å². The van der Waals surface area contributed by atoms with Gasteiger partial charge >= 0.3 is 0 Å². The van der Waals surface area contributed by atoms with Crippen LogP contribution in [0.25, 0.3) is 10.9 Å². The number of benzene rings is 1. The molecular weight excluding hydrogens is 559 g/mol. The molecule has 2 aromatic rings. The zero-order valence-electron chi connectivity index (χ0n) is 25.6. The Balaban J connectivity index is 1.11. The van der Waals surface area contributed by atoms with E-state index in [2.05, 4.69) is 40.5 Å². The molecule has 0 bridgehead atoms. The fourth-order valence-electron chi connectivity index (χ4n) is 9.71. The summed E-state index contributed by atoms with van der Waals surface area (Å²) in [4.78, 5) is 35.4. The van der Waals surface area contributed by atoms with Gasteiger partial charge in [0.2, 0.25) is 0 Å². The third-order valence-corrected chi connectivity index (χ3v) is 11.7. The topological polar surface area (TPSA) is 86.9 Å². The molecule has 9 heteroatoms. The maximum absolute atomic E-state index is 16.4. The number of aromatic nitrogens is 1. The van der Waals surface area contributed by atoms with E-state index in [0.29, 0.717) is 38.1 Å². The van der Waals surface area contributed by atoms with Crippen molar-refractivity contribution in [2.75, 3.05) is 26.3 Å². The van der Waals surface area contributed by atoms with Crippen molar-refractivity contribution < 1.29 is 23.5 Å². The number of carbonyl (C=O) groups excluding carboxylic acids is 2. The van der Waals surface area contributed by atoms with Crippen LogP contribution >= 0.6 is 0 Å². The molecule has 1 amide bonds. The monoisotopic (exact) mass is 604 g/mol. The summed E-state index contributed by atoms with van der Waals surface area (Å²) in [5.74, 6) is 0.0974. The van der Waals surface area contributed by atoms with Crippen molar-refractivity contribution in [3.05, 3.63) is 47.8 Å². The van der Waals surface area contributed by atoms with E-state index in [1.165, 1.54) is 30.2 Å². The molecule has 3 aliphatic heterocycles. The third kappa shape index (κ3) is 4.81. The van der Waals surface area contributed by atoms with Crippen LogP contribution in [0.3, 0.4) is 0 Å². The van der Waals surface area contributed by atoms with Crippen LogP contribution in [0.1, 0.15) is 57.4 Å². The molecule has 4 heterocycles. The lowest BCUT2D eigenvalue weighted by atomic mass is 9.63. The highest BCUT2D eigenvalue weighted by molar-refractivity contribution is 6.20. The van der Waals surface area contributed by atoms with Crippen LogP contribution in [0.4, 0.5) is 4.39 Å². The minimum atomic E-state index is -1.25. The van der Waals surface area contributed by atoms with Crippen LogP contribution in [0.15, 0.2) is 42.2 Å². The highest BCUT2D eigenvalue weighted by Crippen LogP contribution is 2.51. The van der Waals surface area contributed by atoms with Crippen molar-refractivity contribution >= 4 is 22.6 Å². The largest absolute Gasteiger partial charge is 0.378 e. The number of Topliss-reactive ketones (excluding diaryl/α,β-unsaturated/α-hetero) is 1. The number of hydrogen-bond acceptors (Lipinski definition) is 6. The van der Waals surface area contributed by atoms with Crippen molar-refractivity contribution in [3.63, 3.8) is 0 Å². The van der Waals surface area contributed by atoms with Crippen LogP contribution in [0.2, 0.25) is 0 Å². The van der Waals surface area contributed by atoms with Gasteiger partial charge in [-0.15, -0.1) is 0 Å². The summed E-state index contributed by atoms with van der Waals surface area (Å²) in [5.41, 5.74) is 2.54. The molecule has 0 spiro atoms. The molecule has 1 aromatic heterocycles. The number of rotatable bonds is 5. The van der Waals surface area contributed by atoms with Crippen LogP contribution in [0, 0.1) is 17.8 Å². The van der Waals surface area contributed by atoms with E-state index in [0.717, 1.165) is 31.2 Å². The van der Waals surface area contributed by atoms with Crippen LogP contribution in [0.5, 0.6) is 0 Å². The second-order valence-corrected chi connectivity index (χ2v) is 14.2. The second-order valence-electron chi connectivity index (χ2n) is 14.2. The molecule has 0 radical (unpaired) electrons. The number of ketones is 1. The lowest BCUT2D eigenvalue weighted by molar-refractivity contribution is -0.215. The summed E-state index contributed by atoms with van der Waals surface area (Å²) >= 11 is 0. The van der Waals surface area contributed by atoms with Gasteiger partial charge in [0, 0.05) is 48.3 Å². The molecule has 3 saturated carbocycles. The standard InChI is InChI=1S/C35H45FN4O4/c1-20(16-22-18-37-28-9-5-4-7-23(22)28)38-30-27(36)17-25-32-34(30)44-29-11-10-21-6-2-3-8-24(21)31(29)40(32)19-26(33(25)41)35(42)39-12-14-43-15-13-39/h4-5,7,9,18-21,24-25,27,29-32,34,37-38H,2-3,6,8,10-17H2,1H3. The predicted octanol–water partition coefficient (Wildman–Crippen LogP) is 4.15. The predicted molar refractivity (Wildman–Crippen MR) is 165 cm³/mol. The summed E-state index contributed by atoms with van der Waals surface area (Å²) in [7, 11) is 0. The van der Waals surface area contributed by atoms with Crippen LogP contribution in [-0.2, 0) is 25.5 Å². The fraction of sp³-hybridized carbons (Fsp3) is 0.657. The first kappa shape index (κ1) is 28.7. The number of morpholine rings is 2. The van der Waals surface area contributed by atoms with Crippen molar-refractivity contribution in [1.29, 1.82) is 0 Å². The summed E-state index contributed by atoms with van der Waals surface area (Å²) in [5, 5.41) is 4.84. The normalized spacial score (nSPS) is 37.5. The first-order chi connectivity index (χ1) is 21.5. The number of H-pyrrole nitrogens is 1. The zero-order chi connectivity index (χ0) is 29.9. The van der Waals surface area contributed by atoms with Gasteiger partial charge in [-0.1, -0.05) is 37.5 Å². The molecule has 2 saturated heterocycles. The molecule has 3 aliphatic carbocycles. The summed E-state index contributed by atoms with van der Waals surface area (Å²) in [6.45, 7) is 4.02. The highest BCUT2D eigenvalue weighted by atomic mass is 19.1. The van der Waals surface area contributed by atoms with Gasteiger partial charge in [-0.05, 0) is 62.5 Å². The first-order valence-electron chi connectivity index (χ1n) is 17.0. The average Bonchev–Trinajstić information content (AvgIpc) is 3.46. The van der Waals surface area contributed by atoms with E-state index in [-0.39, 0.29) is 47.9 Å². The van der Waals surface area contributed by atoms with Gasteiger partial charge in [0.1, 0.15) is 6.17 Å². The first-order valence-corrected chi connectivity index (χ1v) is 17.0. The number of halogens is 1. The minimum Gasteiger partial charge on any atom is -0.378 e. The van der Waals surface area contributed by atoms with Gasteiger partial charge in [-0.2, -0.15) is 0 Å². The number of amides is 1. The quantitative estimate of drug-likeness (QED) is 0.499. The van der Waals surface area contributed by atoms with Crippen LogP contribution in [-0.4, -0.2) is 95.3 Å². The number of aromatic amines is 1. The Labute approximate surface area is 258 Å². The average molecular weight is 605 g/mol. The number of carbonyl (C=O) groups is 2. The Kier molecular flexibility index (Phi) is 7.54. The Morgan fingerprint density at radius 1 is 1.11 bits per heavy atom. The Morgan fingerprint density at radius 2 is 1.93 bits per heavy atom. The molecule has 2 N–H and O–H groups in total. The van der Waals surface area contributed by atoms with Gasteiger partial charge in [-0.3, -0.25) is 9.59 Å². The van der Waals surface area contributed by atoms with Gasteiger partial charge in [-0.25, -0.2) is 4.39 Å². The summed E-state index contributed by atoms with van der Waals surface area (Å²) < 4.78 is 28.9. The third-order valence-electron chi connectivity index (χ3n) is 11.7. The lowest BCUT2D eigenvalue weighted by Gasteiger charge is -2.62. The zero-order valence-corrected chi connectivity index (χ0v) is 25.6. The van der Waals surface area contributed by atoms with Gasteiger partial charge in [0.05, 0.1) is 49.1 Å². The number of nitrogens with one attached hydrogen (secondary N) is 2. The Morgan fingerprint density at radius 3 is 2.80 bits per heavy atom. The van der Waals surface area contributed by atoms with Crippen molar-refractivity contribution in [3.8, 4) is 0 Å². The van der Waals surface area contributed by atoms with E-state index in [4.69, 9.17) is 9.47 Å². The maximum atomic E-state index is 16.4. The molecule has 10 unspecified atom stereocenters. The molecule has 236 valence electrons. The van der Waals surface area contributed by atoms with E-state index in [9.17, 15) is 9.59 Å². The Bertz CT molecular complexity index is 1440. The molecule has 8 nitrogen and oxygen atoms in total. The molecule has 6 aliphatic rings. The van der Waals surface area contributed by atoms with Gasteiger partial charge < -0.3 is 29.6 Å². The highest BCUT2D eigenvalue weighted by Gasteiger charge is 2.60. The summed E-state index contributed by atoms with van der Waals surface area (Å²) in [6.07, 6.45) is 10.0. The Hall–Kier alpha value is -2.75. The van der Waals surface area contributed by atoms with E-state index < -0.39 is 24.2 Å². The fourth-order valence-corrected chi connectivity index (χ4v) is 9.71. The molecule has 10 atom stereocenters. The number of alkyl halides is 1. The number of fused-ring (bicyclic) bond motifs is 5. The van der Waals surface area contributed by atoms with Crippen molar-refractivity contribution in [1.82, 2.24) is 20.1 Å². The minimum absolute atomic E-state index is 0.00570.